The van der Waals surface area contributed by atoms with Crippen LogP contribution in [0, 0.1) is 3.83 Å². The third-order valence-corrected chi connectivity index (χ3v) is 20.4. The monoisotopic (exact) mass is 1900 g/mol. The van der Waals surface area contributed by atoms with Gasteiger partial charge in [0.2, 0.25) is 33.5 Å². The summed E-state index contributed by atoms with van der Waals surface area (Å²) in [6.45, 7) is 22.1. The van der Waals surface area contributed by atoms with E-state index >= 15 is 0 Å². The molecule has 10 aromatic heterocycles. The number of hydrogen-bond donors (Lipinski definition) is 4. The highest BCUT2D eigenvalue weighted by molar-refractivity contribution is 14.1. The summed E-state index contributed by atoms with van der Waals surface area (Å²) in [5.41, 5.74) is 25.2. The highest BCUT2D eigenvalue weighted by Gasteiger charge is 2.52. The molecule has 0 spiro atoms. The van der Waals surface area contributed by atoms with Crippen molar-refractivity contribution in [2.45, 2.75) is 181 Å². The highest BCUT2D eigenvalue weighted by Crippen LogP contribution is 2.40. The van der Waals surface area contributed by atoms with Gasteiger partial charge in [0.25, 0.3) is 12.9 Å². The van der Waals surface area contributed by atoms with E-state index in [0.29, 0.717) is 79.5 Å². The van der Waals surface area contributed by atoms with Gasteiger partial charge in [0, 0.05) is 142 Å². The summed E-state index contributed by atoms with van der Waals surface area (Å²) in [7, 11) is -0.314. The van der Waals surface area contributed by atoms with E-state index in [0.717, 1.165) is 82.5 Å². The molecule has 0 aromatic carbocycles. The molecule has 0 saturated carbocycles. The second kappa shape index (κ2) is 40.1. The number of hydrogen-bond acceptors (Lipinski definition) is 22. The van der Waals surface area contributed by atoms with Crippen LogP contribution in [0.15, 0.2) is 132 Å². The predicted molar refractivity (Wildman–Crippen MR) is 451 cm³/mol. The molecule has 4 amide bonds. The molecule has 0 radical (unpaired) electrons. The number of pyridine rings is 4. The molecule has 1 saturated heterocycles. The fourth-order valence-electron chi connectivity index (χ4n) is 12.7. The van der Waals surface area contributed by atoms with E-state index in [4.69, 9.17) is 36.0 Å². The smallest absolute Gasteiger partial charge is 0.444 e. The van der Waals surface area contributed by atoms with Crippen LogP contribution < -0.4 is 22.5 Å². The maximum Gasteiger partial charge on any atom is 0.490 e. The van der Waals surface area contributed by atoms with E-state index in [1.807, 2.05) is 165 Å². The number of anilines is 5. The van der Waals surface area contributed by atoms with Gasteiger partial charge in [-0.25, -0.2) is 50.2 Å². The topological polar surface area (TPSA) is 365 Å². The maximum absolute atomic E-state index is 12.5. The van der Waals surface area contributed by atoms with Crippen LogP contribution >= 0.6 is 38.5 Å². The normalized spacial score (nSPS) is 16.1. The number of halogens is 12. The zero-order valence-corrected chi connectivity index (χ0v) is 72.7. The molecular weight excluding hydrogens is 1810 g/mol. The minimum Gasteiger partial charge on any atom is -0.444 e. The molecule has 0 aliphatic carbocycles. The van der Waals surface area contributed by atoms with E-state index < -0.39 is 87.0 Å². The largest absolute Gasteiger partial charge is 0.490 e. The minimum absolute atomic E-state index is 0.218. The molecule has 123 heavy (non-hydrogen) atoms. The van der Waals surface area contributed by atoms with Crippen LogP contribution in [0.25, 0.3) is 39.3 Å². The van der Waals surface area contributed by atoms with Crippen molar-refractivity contribution in [2.75, 3.05) is 74.9 Å². The van der Waals surface area contributed by atoms with Crippen molar-refractivity contribution >= 4 is 138 Å². The Morgan fingerprint density at radius 1 is 0.537 bits per heavy atom. The summed E-state index contributed by atoms with van der Waals surface area (Å²) in [6, 6.07) is 15.1. The number of ether oxygens (including phenoxy) is 2. The molecule has 0 bridgehead atoms. The van der Waals surface area contributed by atoms with Gasteiger partial charge in [0.15, 0.2) is 22.6 Å². The van der Waals surface area contributed by atoms with Crippen LogP contribution in [0.3, 0.4) is 0 Å². The highest BCUT2D eigenvalue weighted by atomic mass is 127. The first-order chi connectivity index (χ1) is 57.7. The van der Waals surface area contributed by atoms with Crippen LogP contribution in [0.2, 0.25) is 0 Å². The molecular formula is C78H95BBrF10IN24O8. The summed E-state index contributed by atoms with van der Waals surface area (Å²) in [6.07, 6.45) is 5.57. The number of nitrogens with one attached hydrogen (secondary N) is 1. The maximum atomic E-state index is 12.5. The van der Waals surface area contributed by atoms with Crippen LogP contribution in [-0.2, 0) is 41.5 Å². The second-order valence-corrected chi connectivity index (χ2v) is 33.4. The van der Waals surface area contributed by atoms with E-state index in [1.165, 1.54) is 34.6 Å². The molecule has 15 rings (SSSR count). The molecule has 32 nitrogen and oxygen atoms in total. The van der Waals surface area contributed by atoms with Gasteiger partial charge in [0.05, 0.1) is 52.3 Å². The third kappa shape index (κ3) is 27.3. The lowest BCUT2D eigenvalue weighted by atomic mass is 9.75. The van der Waals surface area contributed by atoms with Crippen LogP contribution in [0.5, 0.6) is 0 Å². The first-order valence-electron chi connectivity index (χ1n) is 38.9. The van der Waals surface area contributed by atoms with Gasteiger partial charge in [-0.2, -0.15) is 51.5 Å². The Balaban J connectivity index is 0.000000160. The lowest BCUT2D eigenvalue weighted by Crippen LogP contribution is -2.41. The number of carbonyl (C=O) groups is 4. The van der Waals surface area contributed by atoms with Gasteiger partial charge in [-0.15, -0.1) is 20.4 Å². The number of rotatable bonds is 14. The Bertz CT molecular complexity index is 5460. The molecule has 5 aliphatic rings. The first-order valence-corrected chi connectivity index (χ1v) is 40.7. The predicted octanol–water partition coefficient (Wildman–Crippen LogP) is 14.5. The quantitative estimate of drug-likeness (QED) is 0.0446. The SMILES string of the molecule is CC(C)(C)OC(=O)N1CC=C(B2OC(C)(C)C(C)(C)O2)CC1.CC(C)(C)OC(=O)N1CC=C(c2cccn3nc(N)nc23)CC1.Nc1cnn(CC(F)F)c1.Nc1nc2c(Br)cccn2n1.O=C(CCC(F)(F)F)N1CC=C(c2cccn3nc(I)nc23)CC1.O=C(CCC(F)(F)F)N1CC=C(c2cccn3nc(Nc4cnn(CC(F)F)c4)nc23)CC1. The van der Waals surface area contributed by atoms with Crippen molar-refractivity contribution < 1.29 is 81.9 Å². The number of fused-ring (bicyclic) bond motifs is 4. The van der Waals surface area contributed by atoms with Crippen molar-refractivity contribution in [3.63, 3.8) is 0 Å². The van der Waals surface area contributed by atoms with E-state index in [-0.39, 0.29) is 54.9 Å². The number of nitrogen functional groups attached to an aromatic ring is 3. The summed E-state index contributed by atoms with van der Waals surface area (Å²) in [5, 5.41) is 27.0. The number of amides is 4. The van der Waals surface area contributed by atoms with Crippen molar-refractivity contribution in [1.82, 2.24) is 97.6 Å². The number of alkyl halides is 10. The number of carbonyl (C=O) groups excluding carboxylic acids is 4. The first kappa shape index (κ1) is 94.3. The van der Waals surface area contributed by atoms with E-state index in [9.17, 15) is 63.1 Å². The molecule has 10 aromatic rings. The summed E-state index contributed by atoms with van der Waals surface area (Å²) < 4.78 is 155. The molecule has 5 aliphatic heterocycles. The van der Waals surface area contributed by atoms with E-state index in [2.05, 4.69) is 71.8 Å². The third-order valence-electron chi connectivity index (χ3n) is 19.3. The molecule has 0 atom stereocenters. The van der Waals surface area contributed by atoms with Crippen molar-refractivity contribution in [3.8, 4) is 0 Å². The molecule has 662 valence electrons. The molecule has 45 heteroatoms. The zero-order valence-electron chi connectivity index (χ0n) is 69.0. The fraction of sp³-hybridized carbons (Fsp3) is 0.462. The van der Waals surface area contributed by atoms with E-state index in [1.54, 1.807) is 52.4 Å². The fourth-order valence-corrected chi connectivity index (χ4v) is 13.6. The van der Waals surface area contributed by atoms with Crippen LogP contribution in [0.4, 0.5) is 82.7 Å². The molecule has 0 unspecified atom stereocenters. The van der Waals surface area contributed by atoms with Gasteiger partial charge in [-0.3, -0.25) is 19.0 Å². The van der Waals surface area contributed by atoms with Gasteiger partial charge < -0.3 is 60.9 Å². The van der Waals surface area contributed by atoms with Crippen LogP contribution in [-0.4, -0.2) is 229 Å². The van der Waals surface area contributed by atoms with Gasteiger partial charge in [-0.05, 0) is 182 Å². The summed E-state index contributed by atoms with van der Waals surface area (Å²) in [5.74, 6) is -0.194. The molecule has 1 fully saturated rings. The lowest BCUT2D eigenvalue weighted by molar-refractivity contribution is -0.148. The van der Waals surface area contributed by atoms with Gasteiger partial charge in [0.1, 0.15) is 24.3 Å². The Labute approximate surface area is 722 Å². The Hall–Kier alpha value is -11.0. The number of nitrogens with zero attached hydrogens (tertiary/aromatic N) is 20. The molecule has 15 heterocycles. The number of nitrogens with two attached hydrogens (primary N) is 3. The Morgan fingerprint density at radius 2 is 0.935 bits per heavy atom. The Kier molecular flexibility index (Phi) is 30.8. The summed E-state index contributed by atoms with van der Waals surface area (Å²) in [4.78, 5) is 71.5. The van der Waals surface area contributed by atoms with Gasteiger partial charge >= 0.3 is 31.7 Å². The van der Waals surface area contributed by atoms with Gasteiger partial charge in [-0.1, -0.05) is 24.3 Å². The molecule has 7 N–H and O–H groups in total. The summed E-state index contributed by atoms with van der Waals surface area (Å²) >= 11 is 5.37. The zero-order chi connectivity index (χ0) is 89.7. The second-order valence-electron chi connectivity index (χ2n) is 31.6. The average Bonchev–Trinajstić information content (AvgIpc) is 1.64. The van der Waals surface area contributed by atoms with Crippen molar-refractivity contribution in [1.29, 1.82) is 0 Å². The average molecular weight is 1900 g/mol. The van der Waals surface area contributed by atoms with Crippen molar-refractivity contribution in [3.05, 3.63) is 153 Å². The van der Waals surface area contributed by atoms with Crippen molar-refractivity contribution in [2.24, 2.45) is 0 Å². The minimum atomic E-state index is -4.36. The number of aromatic nitrogens is 16. The Morgan fingerprint density at radius 3 is 1.35 bits per heavy atom. The standard InChI is InChI=1S/C20H20F5N7O.C16H28BNO4.C16H21N5O2.C15H14F3IN4O.C6H5BrN4.C5H7F2N3/c21-16(22)12-31-11-14(10-26-31)27-19-28-18-15(2-1-7-32(18)29-19)13-4-8-30(9-5-13)17(33)3-6-20(23,24)25;1-14(2,3)20-13(19)18-10-8-12(9-11-18)17-21-15(4,5)16(6,7)22-17;1-16(2,3)23-15(22)20-9-6-11(7-10-20)12-5-4-8-21-13(12)18-14(17)19-21;16-15(17,18)6-3-12(24)22-8-4-10(5-9-22)11-2-1-7-23-13(11)20-14(19)21-23;7-4-2-1-3-11-5(4)9-6(8)10-11;6-5(7)3-10-2-4(8)1-9-10/h1-2,4,7,10-11,16H,3,5-6,8-9,12H2,(H,27,29);8H,9-11H2,1-7H3;4-6,8H,7,9-10H2,1-3H3,(H2,17,19);1-2,4,7H,3,5-6,8-9H2;1-3H,(H2,8,10);1-2,5H,3,8H2. The van der Waals surface area contributed by atoms with Crippen LogP contribution in [0.1, 0.15) is 137 Å². The lowest BCUT2D eigenvalue weighted by Gasteiger charge is -2.32.